The summed E-state index contributed by atoms with van der Waals surface area (Å²) in [5.74, 6) is -0.563. The molecule has 1 heterocycles. The van der Waals surface area contributed by atoms with Gasteiger partial charge in [0.1, 0.15) is 5.82 Å². The first-order valence-electron chi connectivity index (χ1n) is 8.95. The maximum atomic E-state index is 13.4. The summed E-state index contributed by atoms with van der Waals surface area (Å²) in [7, 11) is 0. The largest absolute Gasteiger partial charge is 0.360 e. The van der Waals surface area contributed by atoms with E-state index in [1.165, 1.54) is 64.4 Å². The lowest BCUT2D eigenvalue weighted by Gasteiger charge is -2.23. The van der Waals surface area contributed by atoms with Crippen LogP contribution in [0.2, 0.25) is 0 Å². The molecule has 3 aromatic rings. The van der Waals surface area contributed by atoms with E-state index in [0.717, 1.165) is 6.54 Å². The van der Waals surface area contributed by atoms with Gasteiger partial charge in [-0.3, -0.25) is 14.9 Å². The number of carbonyl (C=O) groups excluding carboxylic acids is 1. The van der Waals surface area contributed by atoms with E-state index in [1.807, 2.05) is 6.92 Å². The highest BCUT2D eigenvalue weighted by molar-refractivity contribution is 8.01. The molecule has 3 rings (SSSR count). The van der Waals surface area contributed by atoms with Crippen molar-refractivity contribution in [3.63, 3.8) is 0 Å². The maximum absolute atomic E-state index is 13.4. The normalized spacial score (nSPS) is 10.6. The zero-order valence-electron chi connectivity index (χ0n) is 15.9. The van der Waals surface area contributed by atoms with Gasteiger partial charge in [-0.1, -0.05) is 35.2 Å². The van der Waals surface area contributed by atoms with Crippen LogP contribution in [0.15, 0.2) is 52.9 Å². The lowest BCUT2D eigenvalue weighted by Crippen LogP contribution is -2.32. The van der Waals surface area contributed by atoms with Crippen molar-refractivity contribution in [2.75, 3.05) is 22.5 Å². The summed E-state index contributed by atoms with van der Waals surface area (Å²) < 4.78 is 14.0. The van der Waals surface area contributed by atoms with E-state index >= 15 is 0 Å². The number of non-ortho nitro benzene ring substituents is 1. The quantitative estimate of drug-likeness (QED) is 0.296. The molecule has 8 nitrogen and oxygen atoms in total. The highest BCUT2D eigenvalue weighted by atomic mass is 32.2. The molecule has 0 fully saturated rings. The number of nitrogens with one attached hydrogen (secondary N) is 1. The SMILES string of the molecule is CCNc1nnc(SCC(=O)N(Cc2cccc([N+](=O)[O-])c2)c2ccc(F)cc2)s1. The molecule has 11 heteroatoms. The number of amides is 1. The van der Waals surface area contributed by atoms with Gasteiger partial charge in [0.05, 0.1) is 17.2 Å². The first-order valence-corrected chi connectivity index (χ1v) is 10.8. The Kier molecular flexibility index (Phi) is 7.31. The van der Waals surface area contributed by atoms with Crippen molar-refractivity contribution in [3.8, 4) is 0 Å². The monoisotopic (exact) mass is 447 g/mol. The third-order valence-corrected chi connectivity index (χ3v) is 5.95. The maximum Gasteiger partial charge on any atom is 0.269 e. The number of thioether (sulfide) groups is 1. The van der Waals surface area contributed by atoms with Crippen LogP contribution in [0.5, 0.6) is 0 Å². The number of carbonyl (C=O) groups is 1. The van der Waals surface area contributed by atoms with E-state index in [9.17, 15) is 19.3 Å². The smallest absolute Gasteiger partial charge is 0.269 e. The van der Waals surface area contributed by atoms with Gasteiger partial charge in [-0.25, -0.2) is 4.39 Å². The molecule has 0 atom stereocenters. The molecule has 30 heavy (non-hydrogen) atoms. The first kappa shape index (κ1) is 21.7. The van der Waals surface area contributed by atoms with Crippen molar-refractivity contribution in [1.29, 1.82) is 0 Å². The molecule has 0 radical (unpaired) electrons. The minimum Gasteiger partial charge on any atom is -0.360 e. The number of nitro groups is 1. The highest BCUT2D eigenvalue weighted by Crippen LogP contribution is 2.27. The molecule has 0 saturated carbocycles. The Morgan fingerprint density at radius 3 is 2.73 bits per heavy atom. The van der Waals surface area contributed by atoms with Crippen molar-refractivity contribution in [1.82, 2.24) is 10.2 Å². The molecule has 1 N–H and O–H groups in total. The fraction of sp³-hybridized carbons (Fsp3) is 0.211. The summed E-state index contributed by atoms with van der Waals surface area (Å²) in [6, 6.07) is 11.6. The zero-order chi connectivity index (χ0) is 21.5. The highest BCUT2D eigenvalue weighted by Gasteiger charge is 2.19. The summed E-state index contributed by atoms with van der Waals surface area (Å²) in [6.07, 6.45) is 0. The molecule has 156 valence electrons. The molecule has 0 saturated heterocycles. The lowest BCUT2D eigenvalue weighted by molar-refractivity contribution is -0.384. The van der Waals surface area contributed by atoms with Gasteiger partial charge in [0.15, 0.2) is 4.34 Å². The topological polar surface area (TPSA) is 101 Å². The summed E-state index contributed by atoms with van der Waals surface area (Å²) >= 11 is 2.60. The summed E-state index contributed by atoms with van der Waals surface area (Å²) in [5, 5.41) is 22.8. The van der Waals surface area contributed by atoms with Gasteiger partial charge in [-0.2, -0.15) is 0 Å². The summed E-state index contributed by atoms with van der Waals surface area (Å²) in [5.41, 5.74) is 1.04. The van der Waals surface area contributed by atoms with Gasteiger partial charge < -0.3 is 10.2 Å². The van der Waals surface area contributed by atoms with Crippen LogP contribution in [-0.4, -0.2) is 33.3 Å². The van der Waals surface area contributed by atoms with Gasteiger partial charge in [0.2, 0.25) is 11.0 Å². The minimum atomic E-state index is -0.485. The van der Waals surface area contributed by atoms with Crippen molar-refractivity contribution >= 4 is 45.5 Å². The molecule has 0 aliphatic rings. The molecule has 0 bridgehead atoms. The number of nitro benzene ring substituents is 1. The van der Waals surface area contributed by atoms with Crippen LogP contribution >= 0.6 is 23.1 Å². The minimum absolute atomic E-state index is 0.0572. The van der Waals surface area contributed by atoms with Crippen LogP contribution in [0.4, 0.5) is 20.9 Å². The molecular formula is C19H18FN5O3S2. The summed E-state index contributed by atoms with van der Waals surface area (Å²) in [4.78, 5) is 25.0. The Hall–Kier alpha value is -3.05. The Morgan fingerprint density at radius 1 is 1.27 bits per heavy atom. The number of nitrogens with zero attached hydrogens (tertiary/aromatic N) is 4. The number of benzene rings is 2. The first-order chi connectivity index (χ1) is 14.5. The number of aromatic nitrogens is 2. The predicted octanol–water partition coefficient (Wildman–Crippen LogP) is 4.34. The second-order valence-corrected chi connectivity index (χ2v) is 8.28. The predicted molar refractivity (Wildman–Crippen MR) is 115 cm³/mol. The van der Waals surface area contributed by atoms with Crippen LogP contribution in [0.25, 0.3) is 0 Å². The second kappa shape index (κ2) is 10.1. The van der Waals surface area contributed by atoms with Crippen molar-refractivity contribution in [2.45, 2.75) is 17.8 Å². The molecule has 0 spiro atoms. The Morgan fingerprint density at radius 2 is 2.03 bits per heavy atom. The average Bonchev–Trinajstić information content (AvgIpc) is 3.19. The van der Waals surface area contributed by atoms with Gasteiger partial charge in [-0.05, 0) is 36.8 Å². The van der Waals surface area contributed by atoms with E-state index in [0.29, 0.717) is 20.7 Å². The van der Waals surface area contributed by atoms with Crippen molar-refractivity contribution in [2.24, 2.45) is 0 Å². The van der Waals surface area contributed by atoms with Gasteiger partial charge in [0, 0.05) is 24.4 Å². The Balaban J connectivity index is 1.78. The van der Waals surface area contributed by atoms with Crippen molar-refractivity contribution < 1.29 is 14.1 Å². The Labute approximate surface area is 180 Å². The number of anilines is 2. The lowest BCUT2D eigenvalue weighted by atomic mass is 10.1. The van der Waals surface area contributed by atoms with Crippen LogP contribution < -0.4 is 10.2 Å². The third kappa shape index (κ3) is 5.74. The molecular weight excluding hydrogens is 429 g/mol. The molecule has 1 aromatic heterocycles. The van der Waals surface area contributed by atoms with Crippen molar-refractivity contribution in [3.05, 3.63) is 70.0 Å². The van der Waals surface area contributed by atoms with Gasteiger partial charge >= 0.3 is 0 Å². The van der Waals surface area contributed by atoms with Crippen LogP contribution in [-0.2, 0) is 11.3 Å². The van der Waals surface area contributed by atoms with E-state index in [-0.39, 0.29) is 23.9 Å². The van der Waals surface area contributed by atoms with E-state index in [1.54, 1.807) is 12.1 Å². The van der Waals surface area contributed by atoms with E-state index in [2.05, 4.69) is 15.5 Å². The van der Waals surface area contributed by atoms with E-state index in [4.69, 9.17) is 0 Å². The molecule has 2 aromatic carbocycles. The molecule has 1 amide bonds. The van der Waals surface area contributed by atoms with Gasteiger partial charge in [-0.15, -0.1) is 10.2 Å². The standard InChI is InChI=1S/C19H18FN5O3S2/c1-2-21-18-22-23-19(30-18)29-12-17(26)24(15-8-6-14(20)7-9-15)11-13-4-3-5-16(10-13)25(27)28/h3-10H,2,11-12H2,1H3,(H,21,22). The molecule has 0 unspecified atom stereocenters. The fourth-order valence-corrected chi connectivity index (χ4v) is 4.28. The average molecular weight is 448 g/mol. The fourth-order valence-electron chi connectivity index (χ4n) is 2.59. The summed E-state index contributed by atoms with van der Waals surface area (Å²) in [6.45, 7) is 2.79. The zero-order valence-corrected chi connectivity index (χ0v) is 17.6. The number of rotatable bonds is 9. The Bertz CT molecular complexity index is 1030. The number of hydrogen-bond donors (Lipinski definition) is 1. The second-order valence-electron chi connectivity index (χ2n) is 6.08. The van der Waals surface area contributed by atoms with Crippen LogP contribution in [0, 0.1) is 15.9 Å². The molecule has 0 aliphatic heterocycles. The molecule has 0 aliphatic carbocycles. The van der Waals surface area contributed by atoms with E-state index < -0.39 is 10.7 Å². The van der Waals surface area contributed by atoms with Crippen LogP contribution in [0.1, 0.15) is 12.5 Å². The third-order valence-electron chi connectivity index (χ3n) is 3.96. The number of hydrogen-bond acceptors (Lipinski definition) is 8. The van der Waals surface area contributed by atoms with Gasteiger partial charge in [0.25, 0.3) is 5.69 Å². The number of halogens is 1. The van der Waals surface area contributed by atoms with Crippen LogP contribution in [0.3, 0.4) is 0 Å².